The summed E-state index contributed by atoms with van der Waals surface area (Å²) in [6.45, 7) is 1.03. The SMILES string of the molecule is CSc1cccc(NC(=O)NCC[C@@H]2CCCCN2S(C)(=O)=O)c1. The van der Waals surface area contributed by atoms with Gasteiger partial charge in [-0.25, -0.2) is 13.2 Å². The lowest BCUT2D eigenvalue weighted by Crippen LogP contribution is -2.44. The van der Waals surface area contributed by atoms with Crippen LogP contribution in [0.1, 0.15) is 25.7 Å². The maximum atomic E-state index is 12.0. The zero-order chi connectivity index (χ0) is 17.6. The summed E-state index contributed by atoms with van der Waals surface area (Å²) >= 11 is 1.62. The van der Waals surface area contributed by atoms with Crippen molar-refractivity contribution in [2.75, 3.05) is 30.9 Å². The minimum atomic E-state index is -3.18. The van der Waals surface area contributed by atoms with Crippen molar-refractivity contribution >= 4 is 33.5 Å². The van der Waals surface area contributed by atoms with Gasteiger partial charge in [-0.2, -0.15) is 4.31 Å². The number of benzene rings is 1. The molecule has 1 aliphatic rings. The molecule has 1 aliphatic heterocycles. The monoisotopic (exact) mass is 371 g/mol. The second kappa shape index (κ2) is 8.73. The van der Waals surface area contributed by atoms with Gasteiger partial charge in [0.2, 0.25) is 10.0 Å². The van der Waals surface area contributed by atoms with E-state index in [0.29, 0.717) is 19.5 Å². The number of nitrogens with one attached hydrogen (secondary N) is 2. The second-order valence-corrected chi connectivity index (χ2v) is 8.74. The zero-order valence-electron chi connectivity index (χ0n) is 14.1. The number of thioether (sulfide) groups is 1. The molecule has 1 atom stereocenters. The number of rotatable bonds is 6. The Hall–Kier alpha value is -1.25. The summed E-state index contributed by atoms with van der Waals surface area (Å²) < 4.78 is 25.2. The number of carbonyl (C=O) groups is 1. The molecule has 1 aromatic rings. The minimum Gasteiger partial charge on any atom is -0.338 e. The van der Waals surface area contributed by atoms with Crippen LogP contribution in [0.25, 0.3) is 0 Å². The molecule has 0 bridgehead atoms. The summed E-state index contributed by atoms with van der Waals surface area (Å²) in [5.74, 6) is 0. The Morgan fingerprint density at radius 2 is 2.17 bits per heavy atom. The van der Waals surface area contributed by atoms with Crippen molar-refractivity contribution < 1.29 is 13.2 Å². The number of carbonyl (C=O) groups excluding carboxylic acids is 1. The van der Waals surface area contributed by atoms with Crippen LogP contribution in [0.5, 0.6) is 0 Å². The first kappa shape index (κ1) is 19.1. The van der Waals surface area contributed by atoms with E-state index in [1.807, 2.05) is 30.5 Å². The lowest BCUT2D eigenvalue weighted by atomic mass is 10.0. The van der Waals surface area contributed by atoms with Gasteiger partial charge in [0.1, 0.15) is 0 Å². The van der Waals surface area contributed by atoms with Crippen molar-refractivity contribution in [2.24, 2.45) is 0 Å². The standard InChI is InChI=1S/C16H25N3O3S2/c1-23-15-8-5-6-13(12-15)18-16(20)17-10-9-14-7-3-4-11-19(14)24(2,21)22/h5-6,8,12,14H,3-4,7,9-11H2,1-2H3,(H2,17,18,20)/t14-/m0/s1. The summed E-state index contributed by atoms with van der Waals surface area (Å²) in [7, 11) is -3.18. The van der Waals surface area contributed by atoms with Crippen molar-refractivity contribution in [1.29, 1.82) is 0 Å². The molecule has 1 saturated heterocycles. The van der Waals surface area contributed by atoms with E-state index in [-0.39, 0.29) is 12.1 Å². The third-order valence-electron chi connectivity index (χ3n) is 4.09. The van der Waals surface area contributed by atoms with Crippen molar-refractivity contribution in [1.82, 2.24) is 9.62 Å². The lowest BCUT2D eigenvalue weighted by Gasteiger charge is -2.33. The van der Waals surface area contributed by atoms with Crippen molar-refractivity contribution in [3.05, 3.63) is 24.3 Å². The van der Waals surface area contributed by atoms with E-state index in [4.69, 9.17) is 0 Å². The van der Waals surface area contributed by atoms with Crippen LogP contribution in [-0.2, 0) is 10.0 Å². The molecule has 0 spiro atoms. The van der Waals surface area contributed by atoms with Gasteiger partial charge in [0.15, 0.2) is 0 Å². The molecule has 0 aliphatic carbocycles. The predicted molar refractivity (Wildman–Crippen MR) is 99.1 cm³/mol. The number of amides is 2. The van der Waals surface area contributed by atoms with Gasteiger partial charge in [-0.1, -0.05) is 12.5 Å². The molecule has 0 saturated carbocycles. The Kier molecular flexibility index (Phi) is 6.94. The van der Waals surface area contributed by atoms with E-state index >= 15 is 0 Å². The van der Waals surface area contributed by atoms with Gasteiger partial charge in [0, 0.05) is 29.7 Å². The highest BCUT2D eigenvalue weighted by atomic mass is 32.2. The Balaban J connectivity index is 1.81. The smallest absolute Gasteiger partial charge is 0.319 e. The fraction of sp³-hybridized carbons (Fsp3) is 0.562. The largest absolute Gasteiger partial charge is 0.338 e. The summed E-state index contributed by atoms with van der Waals surface area (Å²) in [4.78, 5) is 13.1. The second-order valence-electron chi connectivity index (χ2n) is 5.92. The molecule has 0 radical (unpaired) electrons. The molecule has 2 N–H and O–H groups in total. The highest BCUT2D eigenvalue weighted by molar-refractivity contribution is 7.98. The highest BCUT2D eigenvalue weighted by Gasteiger charge is 2.28. The molecule has 6 nitrogen and oxygen atoms in total. The number of sulfonamides is 1. The van der Waals surface area contributed by atoms with Gasteiger partial charge in [-0.3, -0.25) is 0 Å². The molecule has 1 aromatic carbocycles. The average Bonchev–Trinajstić information content (AvgIpc) is 2.54. The summed E-state index contributed by atoms with van der Waals surface area (Å²) in [6.07, 6.45) is 6.66. The number of nitrogens with zero attached hydrogens (tertiary/aromatic N) is 1. The number of anilines is 1. The first-order valence-electron chi connectivity index (χ1n) is 8.06. The van der Waals surface area contributed by atoms with E-state index in [9.17, 15) is 13.2 Å². The van der Waals surface area contributed by atoms with Crippen LogP contribution in [0.2, 0.25) is 0 Å². The van der Waals surface area contributed by atoms with Crippen LogP contribution in [-0.4, -0.2) is 50.4 Å². The number of piperidine rings is 1. The molecule has 24 heavy (non-hydrogen) atoms. The fourth-order valence-corrected chi connectivity index (χ4v) is 4.60. The number of hydrogen-bond donors (Lipinski definition) is 2. The van der Waals surface area contributed by atoms with Crippen LogP contribution in [0.15, 0.2) is 29.2 Å². The van der Waals surface area contributed by atoms with E-state index in [1.165, 1.54) is 6.26 Å². The quantitative estimate of drug-likeness (QED) is 0.754. The van der Waals surface area contributed by atoms with Crippen LogP contribution in [0.4, 0.5) is 10.5 Å². The Morgan fingerprint density at radius 3 is 2.88 bits per heavy atom. The maximum absolute atomic E-state index is 12.0. The lowest BCUT2D eigenvalue weighted by molar-refractivity contribution is 0.235. The first-order chi connectivity index (χ1) is 11.4. The first-order valence-corrected chi connectivity index (χ1v) is 11.1. The van der Waals surface area contributed by atoms with Crippen molar-refractivity contribution in [3.8, 4) is 0 Å². The van der Waals surface area contributed by atoms with Crippen LogP contribution in [0.3, 0.4) is 0 Å². The molecule has 0 unspecified atom stereocenters. The molecular formula is C16H25N3O3S2. The summed E-state index contributed by atoms with van der Waals surface area (Å²) in [6, 6.07) is 7.34. The Bertz CT molecular complexity index is 664. The number of hydrogen-bond acceptors (Lipinski definition) is 4. The molecule has 1 fully saturated rings. The number of urea groups is 1. The summed E-state index contributed by atoms with van der Waals surface area (Å²) in [5.41, 5.74) is 0.745. The van der Waals surface area contributed by atoms with Crippen LogP contribution in [0, 0.1) is 0 Å². The topological polar surface area (TPSA) is 78.5 Å². The molecule has 134 valence electrons. The van der Waals surface area contributed by atoms with Gasteiger partial charge in [-0.15, -0.1) is 11.8 Å². The van der Waals surface area contributed by atoms with Crippen molar-refractivity contribution in [3.63, 3.8) is 0 Å². The fourth-order valence-electron chi connectivity index (χ4n) is 2.93. The minimum absolute atomic E-state index is 0.0196. The highest BCUT2D eigenvalue weighted by Crippen LogP contribution is 2.22. The van der Waals surface area contributed by atoms with Gasteiger partial charge >= 0.3 is 6.03 Å². The molecular weight excluding hydrogens is 346 g/mol. The molecule has 2 amide bonds. The van der Waals surface area contributed by atoms with Gasteiger partial charge < -0.3 is 10.6 Å². The molecule has 8 heteroatoms. The van der Waals surface area contributed by atoms with Gasteiger partial charge in [0.05, 0.1) is 6.26 Å². The molecule has 2 rings (SSSR count). The third kappa shape index (κ3) is 5.68. The van der Waals surface area contributed by atoms with Crippen LogP contribution >= 0.6 is 11.8 Å². The van der Waals surface area contributed by atoms with Crippen LogP contribution < -0.4 is 10.6 Å². The molecule has 1 heterocycles. The van der Waals surface area contributed by atoms with Gasteiger partial charge in [-0.05, 0) is 43.7 Å². The van der Waals surface area contributed by atoms with Crippen molar-refractivity contribution in [2.45, 2.75) is 36.6 Å². The average molecular weight is 372 g/mol. The van der Waals surface area contributed by atoms with E-state index in [2.05, 4.69) is 10.6 Å². The zero-order valence-corrected chi connectivity index (χ0v) is 15.8. The Morgan fingerprint density at radius 1 is 1.38 bits per heavy atom. The van der Waals surface area contributed by atoms with E-state index in [0.717, 1.165) is 29.8 Å². The van der Waals surface area contributed by atoms with E-state index < -0.39 is 10.0 Å². The predicted octanol–water partition coefficient (Wildman–Crippen LogP) is 2.73. The van der Waals surface area contributed by atoms with E-state index in [1.54, 1.807) is 16.1 Å². The van der Waals surface area contributed by atoms with Gasteiger partial charge in [0.25, 0.3) is 0 Å². The normalized spacial score (nSPS) is 19.0. The molecule has 0 aromatic heterocycles. The maximum Gasteiger partial charge on any atom is 0.319 e. The summed E-state index contributed by atoms with van der Waals surface area (Å²) in [5, 5.41) is 5.61. The third-order valence-corrected chi connectivity index (χ3v) is 6.15. The Labute approximate surface area is 148 Å².